The van der Waals surface area contributed by atoms with E-state index in [0.29, 0.717) is 23.0 Å². The van der Waals surface area contributed by atoms with Crippen molar-refractivity contribution in [2.24, 2.45) is 5.16 Å². The molecule has 3 rings (SSSR count). The number of methoxy groups -OCH3 is 1. The van der Waals surface area contributed by atoms with E-state index in [1.165, 1.54) is 7.11 Å². The normalized spacial score (nSPS) is 13.1. The molecule has 1 N–H and O–H groups in total. The summed E-state index contributed by atoms with van der Waals surface area (Å²) in [5.41, 5.74) is 2.45. The van der Waals surface area contributed by atoms with Crippen LogP contribution in [-0.4, -0.2) is 38.3 Å². The Morgan fingerprint density at radius 1 is 1.29 bits per heavy atom. The number of anilines is 2. The topological polar surface area (TPSA) is 80.2 Å². The highest BCUT2D eigenvalue weighted by atomic mass is 35.5. The van der Waals surface area contributed by atoms with Crippen LogP contribution >= 0.6 is 11.6 Å². The number of ether oxygens (including phenoxy) is 1. The van der Waals surface area contributed by atoms with Crippen LogP contribution in [0.15, 0.2) is 47.6 Å². The summed E-state index contributed by atoms with van der Waals surface area (Å²) in [7, 11) is 1.49. The summed E-state index contributed by atoms with van der Waals surface area (Å²) in [5.74, 6) is -0.274. The van der Waals surface area contributed by atoms with Crippen LogP contribution in [-0.2, 0) is 20.8 Å². The molecule has 0 bridgehead atoms. The lowest BCUT2D eigenvalue weighted by Crippen LogP contribution is -2.37. The molecule has 2 aromatic rings. The van der Waals surface area contributed by atoms with E-state index >= 15 is 0 Å². The molecule has 0 fully saturated rings. The maximum absolute atomic E-state index is 12.4. The summed E-state index contributed by atoms with van der Waals surface area (Å²) in [4.78, 5) is 31.1. The van der Waals surface area contributed by atoms with Gasteiger partial charge < -0.3 is 19.8 Å². The second kappa shape index (κ2) is 9.23. The van der Waals surface area contributed by atoms with Gasteiger partial charge in [0, 0.05) is 17.3 Å². The van der Waals surface area contributed by atoms with Crippen molar-refractivity contribution in [2.75, 3.05) is 30.5 Å². The number of para-hydroxylation sites is 1. The third-order valence-corrected chi connectivity index (χ3v) is 4.50. The number of rotatable bonds is 6. The van der Waals surface area contributed by atoms with Crippen molar-refractivity contribution in [3.63, 3.8) is 0 Å². The van der Waals surface area contributed by atoms with Gasteiger partial charge in [0.15, 0.2) is 6.61 Å². The Labute approximate surface area is 167 Å². The number of amides is 2. The largest absolute Gasteiger partial charge is 0.495 e. The van der Waals surface area contributed by atoms with Crippen molar-refractivity contribution < 1.29 is 19.2 Å². The number of nitrogens with one attached hydrogen (secondary N) is 1. The highest BCUT2D eigenvalue weighted by Gasteiger charge is 2.22. The van der Waals surface area contributed by atoms with Gasteiger partial charge in [-0.2, -0.15) is 0 Å². The van der Waals surface area contributed by atoms with E-state index < -0.39 is 5.91 Å². The number of carbonyl (C=O) groups is 2. The predicted octanol–water partition coefficient (Wildman–Crippen LogP) is 3.27. The molecular weight excluding hydrogens is 382 g/mol. The van der Waals surface area contributed by atoms with E-state index in [9.17, 15) is 9.59 Å². The molecule has 0 aliphatic carbocycles. The Morgan fingerprint density at radius 2 is 2.11 bits per heavy atom. The van der Waals surface area contributed by atoms with Gasteiger partial charge in [-0.1, -0.05) is 35.0 Å². The van der Waals surface area contributed by atoms with Gasteiger partial charge in [-0.25, -0.2) is 0 Å². The molecule has 2 aromatic carbocycles. The molecule has 7 nitrogen and oxygen atoms in total. The van der Waals surface area contributed by atoms with Gasteiger partial charge in [0.2, 0.25) is 0 Å². The molecule has 146 valence electrons. The molecule has 0 atom stereocenters. The standard InChI is InChI=1S/C20H20ClN3O4/c1-27-18-9-8-15(21)11-16(18)23-19(25)12-22-28-13-20(26)24-10-4-6-14-5-2-3-7-17(14)24/h2-3,5,7-9,11-12H,4,6,10,13H2,1H3,(H,23,25)/b22-12-. The monoisotopic (exact) mass is 401 g/mol. The van der Waals surface area contributed by atoms with Crippen molar-refractivity contribution in [3.8, 4) is 5.75 Å². The average Bonchev–Trinajstić information content (AvgIpc) is 2.71. The number of nitrogens with zero attached hydrogens (tertiary/aromatic N) is 2. The van der Waals surface area contributed by atoms with Crippen LogP contribution in [0.4, 0.5) is 11.4 Å². The molecule has 0 spiro atoms. The number of hydrogen-bond donors (Lipinski definition) is 1. The number of benzene rings is 2. The fourth-order valence-corrected chi connectivity index (χ4v) is 3.16. The molecule has 2 amide bonds. The molecule has 0 radical (unpaired) electrons. The Bertz CT molecular complexity index is 901. The first-order chi connectivity index (χ1) is 13.6. The highest BCUT2D eigenvalue weighted by molar-refractivity contribution is 6.33. The SMILES string of the molecule is COc1ccc(Cl)cc1NC(=O)/C=N\OCC(=O)N1CCCc2ccccc21. The summed E-state index contributed by atoms with van der Waals surface area (Å²) in [5, 5.41) is 6.63. The van der Waals surface area contributed by atoms with E-state index in [-0.39, 0.29) is 12.5 Å². The number of hydrogen-bond acceptors (Lipinski definition) is 5. The number of fused-ring (bicyclic) bond motifs is 1. The lowest BCUT2D eigenvalue weighted by atomic mass is 10.0. The quantitative estimate of drug-likeness (QED) is 0.595. The smallest absolute Gasteiger partial charge is 0.270 e. The molecule has 0 unspecified atom stereocenters. The van der Waals surface area contributed by atoms with Crippen LogP contribution in [0.2, 0.25) is 5.02 Å². The third-order valence-electron chi connectivity index (χ3n) is 4.26. The van der Waals surface area contributed by atoms with Gasteiger partial charge in [-0.3, -0.25) is 9.59 Å². The van der Waals surface area contributed by atoms with Gasteiger partial charge in [-0.05, 0) is 42.7 Å². The second-order valence-electron chi connectivity index (χ2n) is 6.12. The minimum Gasteiger partial charge on any atom is -0.495 e. The summed E-state index contributed by atoms with van der Waals surface area (Å²) in [6.07, 6.45) is 2.81. The molecule has 0 aromatic heterocycles. The Balaban J connectivity index is 1.52. The first-order valence-corrected chi connectivity index (χ1v) is 9.14. The molecule has 28 heavy (non-hydrogen) atoms. The number of halogens is 1. The lowest BCUT2D eigenvalue weighted by molar-refractivity contribution is -0.123. The minimum atomic E-state index is -0.531. The zero-order valence-electron chi connectivity index (χ0n) is 15.4. The fourth-order valence-electron chi connectivity index (χ4n) is 2.99. The molecular formula is C20H20ClN3O4. The van der Waals surface area contributed by atoms with Crippen molar-refractivity contribution in [3.05, 3.63) is 53.1 Å². The van der Waals surface area contributed by atoms with Crippen molar-refractivity contribution >= 4 is 41.0 Å². The zero-order valence-corrected chi connectivity index (χ0v) is 16.1. The third kappa shape index (κ3) is 4.80. The van der Waals surface area contributed by atoms with Gasteiger partial charge in [0.05, 0.1) is 12.8 Å². The summed E-state index contributed by atoms with van der Waals surface area (Å²) >= 11 is 5.92. The first kappa shape index (κ1) is 19.7. The molecule has 0 saturated heterocycles. The van der Waals surface area contributed by atoms with Crippen LogP contribution in [0.3, 0.4) is 0 Å². The first-order valence-electron chi connectivity index (χ1n) is 8.76. The number of aryl methyl sites for hydroxylation is 1. The second-order valence-corrected chi connectivity index (χ2v) is 6.56. The van der Waals surface area contributed by atoms with E-state index in [2.05, 4.69) is 10.5 Å². The Morgan fingerprint density at radius 3 is 2.93 bits per heavy atom. The molecule has 8 heteroatoms. The fraction of sp³-hybridized carbons (Fsp3) is 0.250. The average molecular weight is 402 g/mol. The summed E-state index contributed by atoms with van der Waals surface area (Å²) in [6.45, 7) is 0.385. The predicted molar refractivity (Wildman–Crippen MR) is 108 cm³/mol. The van der Waals surface area contributed by atoms with Crippen LogP contribution in [0.5, 0.6) is 5.75 Å². The van der Waals surface area contributed by atoms with E-state index in [1.807, 2.05) is 24.3 Å². The summed E-state index contributed by atoms with van der Waals surface area (Å²) < 4.78 is 5.15. The minimum absolute atomic E-state index is 0.207. The summed E-state index contributed by atoms with van der Waals surface area (Å²) in [6, 6.07) is 12.6. The van der Waals surface area contributed by atoms with Crippen LogP contribution in [0.1, 0.15) is 12.0 Å². The van der Waals surface area contributed by atoms with Gasteiger partial charge in [-0.15, -0.1) is 0 Å². The Kier molecular flexibility index (Phi) is 6.49. The maximum atomic E-state index is 12.4. The van der Waals surface area contributed by atoms with Crippen LogP contribution in [0.25, 0.3) is 0 Å². The lowest BCUT2D eigenvalue weighted by Gasteiger charge is -2.28. The zero-order chi connectivity index (χ0) is 19.9. The van der Waals surface area contributed by atoms with Gasteiger partial charge >= 0.3 is 0 Å². The van der Waals surface area contributed by atoms with Gasteiger partial charge in [0.1, 0.15) is 12.0 Å². The Hall–Kier alpha value is -3.06. The highest BCUT2D eigenvalue weighted by Crippen LogP contribution is 2.28. The molecule has 1 aliphatic heterocycles. The number of carbonyl (C=O) groups excluding carboxylic acids is 2. The molecule has 1 aliphatic rings. The van der Waals surface area contributed by atoms with Crippen LogP contribution in [0, 0.1) is 0 Å². The molecule has 1 heterocycles. The molecule has 0 saturated carbocycles. The van der Waals surface area contributed by atoms with Gasteiger partial charge in [0.25, 0.3) is 11.8 Å². The van der Waals surface area contributed by atoms with Crippen molar-refractivity contribution in [2.45, 2.75) is 12.8 Å². The van der Waals surface area contributed by atoms with Crippen molar-refractivity contribution in [1.82, 2.24) is 0 Å². The van der Waals surface area contributed by atoms with E-state index in [4.69, 9.17) is 21.2 Å². The van der Waals surface area contributed by atoms with E-state index in [1.54, 1.807) is 23.1 Å². The maximum Gasteiger partial charge on any atom is 0.270 e. The number of oxime groups is 1. The van der Waals surface area contributed by atoms with Crippen molar-refractivity contribution in [1.29, 1.82) is 0 Å². The van der Waals surface area contributed by atoms with Crippen LogP contribution < -0.4 is 15.0 Å². The van der Waals surface area contributed by atoms with E-state index in [0.717, 1.165) is 30.3 Å².